The highest BCUT2D eigenvalue weighted by molar-refractivity contribution is 5.33. The molecule has 4 heteroatoms. The highest BCUT2D eigenvalue weighted by Gasteiger charge is 2.02. The average molecular weight is 275 g/mol. The van der Waals surface area contributed by atoms with Crippen molar-refractivity contribution in [3.05, 3.63) is 59.9 Å². The molecule has 2 N–H and O–H groups in total. The van der Waals surface area contributed by atoms with Gasteiger partial charge in [0.15, 0.2) is 0 Å². The second kappa shape index (κ2) is 7.50. The molecule has 20 heavy (non-hydrogen) atoms. The fraction of sp³-hybridized carbons (Fsp3) is 0.250. The first-order valence-corrected chi connectivity index (χ1v) is 6.59. The lowest BCUT2D eigenvalue weighted by molar-refractivity contribution is 0.216. The van der Waals surface area contributed by atoms with Crippen LogP contribution in [0.5, 0.6) is 11.5 Å². The Morgan fingerprint density at radius 3 is 2.35 bits per heavy atom. The van der Waals surface area contributed by atoms with E-state index < -0.39 is 0 Å². The normalized spacial score (nSPS) is 10.3. The Balaban J connectivity index is 1.79. The third-order valence-corrected chi connectivity index (χ3v) is 2.81. The molecule has 0 aliphatic heterocycles. The summed E-state index contributed by atoms with van der Waals surface area (Å²) in [4.78, 5) is 0. The van der Waals surface area contributed by atoms with Crippen LogP contribution in [-0.2, 0) is 6.42 Å². The van der Waals surface area contributed by atoms with Gasteiger partial charge in [-0.05, 0) is 48.9 Å². The van der Waals surface area contributed by atoms with Crippen molar-refractivity contribution in [2.24, 2.45) is 5.73 Å². The summed E-state index contributed by atoms with van der Waals surface area (Å²) in [6.45, 7) is 1.42. The molecule has 0 fully saturated rings. The summed E-state index contributed by atoms with van der Waals surface area (Å²) in [6, 6.07) is 13.7. The minimum Gasteiger partial charge on any atom is -0.490 e. The van der Waals surface area contributed by atoms with Gasteiger partial charge in [-0.2, -0.15) is 0 Å². The van der Waals surface area contributed by atoms with Gasteiger partial charge in [0.25, 0.3) is 0 Å². The van der Waals surface area contributed by atoms with Gasteiger partial charge < -0.3 is 15.2 Å². The van der Waals surface area contributed by atoms with Crippen LogP contribution in [0.3, 0.4) is 0 Å². The molecule has 2 aromatic rings. The Kier molecular flexibility index (Phi) is 5.38. The van der Waals surface area contributed by atoms with Gasteiger partial charge in [0.05, 0.1) is 0 Å². The van der Waals surface area contributed by atoms with E-state index in [1.165, 1.54) is 12.1 Å². The van der Waals surface area contributed by atoms with E-state index in [1.807, 2.05) is 24.3 Å². The number of hydrogen-bond acceptors (Lipinski definition) is 3. The number of nitrogens with two attached hydrogens (primary N) is 1. The maximum absolute atomic E-state index is 12.7. The van der Waals surface area contributed by atoms with E-state index in [-0.39, 0.29) is 5.82 Å². The number of hydrogen-bond donors (Lipinski definition) is 1. The van der Waals surface area contributed by atoms with Gasteiger partial charge in [-0.25, -0.2) is 4.39 Å². The minimum atomic E-state index is -0.274. The summed E-state index contributed by atoms with van der Waals surface area (Å²) in [6.07, 6.45) is 0.787. The number of rotatable bonds is 7. The molecule has 0 heterocycles. The molecule has 106 valence electrons. The van der Waals surface area contributed by atoms with Crippen LogP contribution in [0.15, 0.2) is 48.5 Å². The van der Waals surface area contributed by atoms with Crippen molar-refractivity contribution in [3.8, 4) is 11.5 Å². The fourth-order valence-electron chi connectivity index (χ4n) is 1.85. The average Bonchev–Trinajstić information content (AvgIpc) is 2.47. The molecule has 0 atom stereocenters. The van der Waals surface area contributed by atoms with Gasteiger partial charge in [-0.3, -0.25) is 0 Å². The van der Waals surface area contributed by atoms with Crippen LogP contribution >= 0.6 is 0 Å². The van der Waals surface area contributed by atoms with Crippen molar-refractivity contribution in [1.82, 2.24) is 0 Å². The lowest BCUT2D eigenvalue weighted by atomic mass is 10.1. The molecule has 0 amide bonds. The van der Waals surface area contributed by atoms with Gasteiger partial charge in [-0.1, -0.05) is 18.2 Å². The lowest BCUT2D eigenvalue weighted by Gasteiger charge is -2.11. The summed E-state index contributed by atoms with van der Waals surface area (Å²) in [5.41, 5.74) is 6.66. The number of para-hydroxylation sites is 1. The molecular weight excluding hydrogens is 257 g/mol. The molecule has 2 aromatic carbocycles. The molecule has 0 aliphatic rings. The van der Waals surface area contributed by atoms with Crippen LogP contribution in [0.25, 0.3) is 0 Å². The first-order chi connectivity index (χ1) is 9.79. The molecule has 0 bridgehead atoms. The van der Waals surface area contributed by atoms with E-state index in [2.05, 4.69) is 0 Å². The fourth-order valence-corrected chi connectivity index (χ4v) is 1.85. The van der Waals surface area contributed by atoms with E-state index in [0.717, 1.165) is 17.7 Å². The third-order valence-electron chi connectivity index (χ3n) is 2.81. The zero-order valence-electron chi connectivity index (χ0n) is 11.2. The predicted molar refractivity (Wildman–Crippen MR) is 76.6 cm³/mol. The standard InChI is InChI=1S/C16H18FNO2/c17-14-5-7-15(8-6-14)19-11-12-20-16-4-2-1-3-13(16)9-10-18/h1-8H,9-12,18H2. The van der Waals surface area contributed by atoms with Crippen LogP contribution in [-0.4, -0.2) is 19.8 Å². The Morgan fingerprint density at radius 1 is 0.900 bits per heavy atom. The van der Waals surface area contributed by atoms with Gasteiger partial charge in [0.1, 0.15) is 30.5 Å². The molecule has 0 saturated heterocycles. The molecule has 0 radical (unpaired) electrons. The molecule has 3 nitrogen and oxygen atoms in total. The second-order valence-corrected chi connectivity index (χ2v) is 4.30. The Bertz CT molecular complexity index is 528. The van der Waals surface area contributed by atoms with Crippen LogP contribution in [0.4, 0.5) is 4.39 Å². The summed E-state index contributed by atoms with van der Waals surface area (Å²) in [7, 11) is 0. The SMILES string of the molecule is NCCc1ccccc1OCCOc1ccc(F)cc1. The summed E-state index contributed by atoms with van der Waals surface area (Å²) in [5.74, 6) is 1.19. The molecular formula is C16H18FNO2. The van der Waals surface area contributed by atoms with Gasteiger partial charge in [0, 0.05) is 0 Å². The van der Waals surface area contributed by atoms with E-state index in [9.17, 15) is 4.39 Å². The van der Waals surface area contributed by atoms with E-state index >= 15 is 0 Å². The second-order valence-electron chi connectivity index (χ2n) is 4.30. The van der Waals surface area contributed by atoms with Crippen molar-refractivity contribution in [2.75, 3.05) is 19.8 Å². The van der Waals surface area contributed by atoms with Crippen LogP contribution in [0.2, 0.25) is 0 Å². The topological polar surface area (TPSA) is 44.5 Å². The Labute approximate surface area is 118 Å². The highest BCUT2D eigenvalue weighted by atomic mass is 19.1. The Morgan fingerprint density at radius 2 is 1.60 bits per heavy atom. The van der Waals surface area contributed by atoms with E-state index in [1.54, 1.807) is 12.1 Å². The molecule has 0 unspecified atom stereocenters. The van der Waals surface area contributed by atoms with E-state index in [4.69, 9.17) is 15.2 Å². The minimum absolute atomic E-state index is 0.274. The molecule has 0 aromatic heterocycles. The number of ether oxygens (including phenoxy) is 2. The predicted octanol–water partition coefficient (Wildman–Crippen LogP) is 2.78. The Hall–Kier alpha value is -2.07. The molecule has 0 aliphatic carbocycles. The smallest absolute Gasteiger partial charge is 0.123 e. The quantitative estimate of drug-likeness (QED) is 0.790. The van der Waals surface area contributed by atoms with Crippen molar-refractivity contribution in [2.45, 2.75) is 6.42 Å². The van der Waals surface area contributed by atoms with Gasteiger partial charge >= 0.3 is 0 Å². The molecule has 2 rings (SSSR count). The maximum atomic E-state index is 12.7. The largest absolute Gasteiger partial charge is 0.490 e. The molecule has 0 saturated carbocycles. The van der Waals surface area contributed by atoms with Crippen LogP contribution in [0.1, 0.15) is 5.56 Å². The summed E-state index contributed by atoms with van der Waals surface area (Å²) in [5, 5.41) is 0. The monoisotopic (exact) mass is 275 g/mol. The van der Waals surface area contributed by atoms with Crippen LogP contribution < -0.4 is 15.2 Å². The summed E-state index contributed by atoms with van der Waals surface area (Å²) < 4.78 is 23.9. The lowest BCUT2D eigenvalue weighted by Crippen LogP contribution is -2.11. The third kappa shape index (κ3) is 4.24. The van der Waals surface area contributed by atoms with Crippen molar-refractivity contribution < 1.29 is 13.9 Å². The van der Waals surface area contributed by atoms with E-state index in [0.29, 0.717) is 25.5 Å². The van der Waals surface area contributed by atoms with Crippen molar-refractivity contribution >= 4 is 0 Å². The van der Waals surface area contributed by atoms with Crippen LogP contribution in [0, 0.1) is 5.82 Å². The van der Waals surface area contributed by atoms with Crippen molar-refractivity contribution in [1.29, 1.82) is 0 Å². The number of halogens is 1. The zero-order chi connectivity index (χ0) is 14.2. The van der Waals surface area contributed by atoms with Crippen molar-refractivity contribution in [3.63, 3.8) is 0 Å². The molecule has 0 spiro atoms. The van der Waals surface area contributed by atoms with Gasteiger partial charge in [0.2, 0.25) is 0 Å². The maximum Gasteiger partial charge on any atom is 0.123 e. The zero-order valence-corrected chi connectivity index (χ0v) is 11.2. The first-order valence-electron chi connectivity index (χ1n) is 6.59. The highest BCUT2D eigenvalue weighted by Crippen LogP contribution is 2.18. The summed E-state index contributed by atoms with van der Waals surface area (Å²) >= 11 is 0. The number of benzene rings is 2. The van der Waals surface area contributed by atoms with Gasteiger partial charge in [-0.15, -0.1) is 0 Å². The first kappa shape index (κ1) is 14.3.